The molecule has 1 aromatic heterocycles. The minimum atomic E-state index is 0.128. The van der Waals surface area contributed by atoms with E-state index in [0.29, 0.717) is 6.04 Å². The Hall–Kier alpha value is -0.970. The van der Waals surface area contributed by atoms with E-state index in [-0.39, 0.29) is 12.1 Å². The highest BCUT2D eigenvalue weighted by Crippen LogP contribution is 2.21. The van der Waals surface area contributed by atoms with E-state index in [2.05, 4.69) is 35.1 Å². The molecule has 18 heavy (non-hydrogen) atoms. The quantitative estimate of drug-likeness (QED) is 0.836. The lowest BCUT2D eigenvalue weighted by Gasteiger charge is -2.46. The molecule has 1 aliphatic heterocycles. The fourth-order valence-corrected chi connectivity index (χ4v) is 2.40. The molecule has 2 rings (SSSR count). The molecule has 2 heterocycles. The summed E-state index contributed by atoms with van der Waals surface area (Å²) in [4.78, 5) is 6.85. The fourth-order valence-electron chi connectivity index (χ4n) is 2.40. The molecule has 4 nitrogen and oxygen atoms in total. The summed E-state index contributed by atoms with van der Waals surface area (Å²) in [5.74, 6) is 0. The fraction of sp³-hybridized carbons (Fsp3) is 0.643. The van der Waals surface area contributed by atoms with Gasteiger partial charge in [-0.05, 0) is 32.4 Å². The van der Waals surface area contributed by atoms with E-state index in [1.807, 2.05) is 18.3 Å². The maximum atomic E-state index is 9.05. The van der Waals surface area contributed by atoms with Gasteiger partial charge in [0.2, 0.25) is 0 Å². The molecule has 1 atom stereocenters. The molecular formula is C14H23N3O. The van der Waals surface area contributed by atoms with Crippen molar-refractivity contribution in [3.8, 4) is 0 Å². The number of nitrogens with zero attached hydrogens (tertiary/aromatic N) is 2. The van der Waals surface area contributed by atoms with Crippen LogP contribution < -0.4 is 5.32 Å². The van der Waals surface area contributed by atoms with Crippen LogP contribution in [0.25, 0.3) is 0 Å². The zero-order chi connectivity index (χ0) is 13.0. The van der Waals surface area contributed by atoms with Crippen molar-refractivity contribution in [1.82, 2.24) is 15.2 Å². The lowest BCUT2D eigenvalue weighted by Crippen LogP contribution is -2.61. The van der Waals surface area contributed by atoms with Crippen molar-refractivity contribution in [3.63, 3.8) is 0 Å². The predicted octanol–water partition coefficient (Wildman–Crippen LogP) is 1.02. The maximum Gasteiger partial charge on any atom is 0.0544 e. The van der Waals surface area contributed by atoms with Crippen molar-refractivity contribution < 1.29 is 5.11 Å². The molecular weight excluding hydrogens is 226 g/mol. The molecule has 0 bridgehead atoms. The SMILES string of the molecule is CC1(C)CNC(CCO)CN1Cc1ccccn1. The van der Waals surface area contributed by atoms with Gasteiger partial charge in [0.15, 0.2) is 0 Å². The van der Waals surface area contributed by atoms with E-state index in [1.54, 1.807) is 0 Å². The predicted molar refractivity (Wildman–Crippen MR) is 72.2 cm³/mol. The lowest BCUT2D eigenvalue weighted by atomic mass is 9.96. The number of piperazine rings is 1. The molecule has 1 fully saturated rings. The third-order valence-electron chi connectivity index (χ3n) is 3.68. The van der Waals surface area contributed by atoms with Crippen molar-refractivity contribution in [1.29, 1.82) is 0 Å². The first kappa shape index (κ1) is 13.5. The zero-order valence-electron chi connectivity index (χ0n) is 11.3. The Kier molecular flexibility index (Phi) is 4.32. The Morgan fingerprint density at radius 1 is 1.50 bits per heavy atom. The molecule has 1 aliphatic rings. The molecule has 0 aromatic carbocycles. The molecule has 1 saturated heterocycles. The van der Waals surface area contributed by atoms with Gasteiger partial charge < -0.3 is 10.4 Å². The molecule has 100 valence electrons. The molecule has 0 aliphatic carbocycles. The third kappa shape index (κ3) is 3.28. The molecule has 0 spiro atoms. The van der Waals surface area contributed by atoms with Crippen LogP contribution >= 0.6 is 0 Å². The van der Waals surface area contributed by atoms with Gasteiger partial charge in [-0.25, -0.2) is 0 Å². The third-order valence-corrected chi connectivity index (χ3v) is 3.68. The summed E-state index contributed by atoms with van der Waals surface area (Å²) in [5.41, 5.74) is 1.24. The number of pyridine rings is 1. The molecule has 1 aromatic rings. The number of rotatable bonds is 4. The van der Waals surface area contributed by atoms with Gasteiger partial charge in [0.1, 0.15) is 0 Å². The van der Waals surface area contributed by atoms with E-state index in [1.165, 1.54) is 0 Å². The maximum absolute atomic E-state index is 9.05. The van der Waals surface area contributed by atoms with Crippen molar-refractivity contribution in [2.45, 2.75) is 38.4 Å². The first-order chi connectivity index (χ1) is 8.62. The molecule has 2 N–H and O–H groups in total. The van der Waals surface area contributed by atoms with Gasteiger partial charge in [0.05, 0.1) is 5.69 Å². The molecule has 0 amide bonds. The normalized spacial score (nSPS) is 24.1. The van der Waals surface area contributed by atoms with Crippen LogP contribution in [0.3, 0.4) is 0 Å². The highest BCUT2D eigenvalue weighted by molar-refractivity contribution is 5.05. The Morgan fingerprint density at radius 2 is 2.33 bits per heavy atom. The smallest absolute Gasteiger partial charge is 0.0544 e. The second-order valence-electron chi connectivity index (χ2n) is 5.60. The molecule has 0 saturated carbocycles. The van der Waals surface area contributed by atoms with Gasteiger partial charge >= 0.3 is 0 Å². The number of aliphatic hydroxyl groups is 1. The average Bonchev–Trinajstić information content (AvgIpc) is 2.35. The number of hydrogen-bond acceptors (Lipinski definition) is 4. The van der Waals surface area contributed by atoms with Gasteiger partial charge in [0, 0.05) is 44.0 Å². The molecule has 1 unspecified atom stereocenters. The van der Waals surface area contributed by atoms with Crippen molar-refractivity contribution >= 4 is 0 Å². The Labute approximate surface area is 109 Å². The summed E-state index contributed by atoms with van der Waals surface area (Å²) >= 11 is 0. The van der Waals surface area contributed by atoms with Crippen LogP contribution in [0.4, 0.5) is 0 Å². The summed E-state index contributed by atoms with van der Waals surface area (Å²) in [6.07, 6.45) is 2.66. The number of aliphatic hydroxyl groups excluding tert-OH is 1. The second-order valence-corrected chi connectivity index (χ2v) is 5.60. The first-order valence-electron chi connectivity index (χ1n) is 6.61. The van der Waals surface area contributed by atoms with E-state index in [4.69, 9.17) is 5.11 Å². The van der Waals surface area contributed by atoms with Gasteiger partial charge in [-0.15, -0.1) is 0 Å². The molecule has 4 heteroatoms. The van der Waals surface area contributed by atoms with Gasteiger partial charge in [-0.2, -0.15) is 0 Å². The summed E-state index contributed by atoms with van der Waals surface area (Å²) in [6, 6.07) is 6.43. The van der Waals surface area contributed by atoms with Crippen molar-refractivity contribution in [2.24, 2.45) is 0 Å². The summed E-state index contributed by atoms with van der Waals surface area (Å²) < 4.78 is 0. The van der Waals surface area contributed by atoms with Crippen LogP contribution in [-0.4, -0.2) is 46.3 Å². The van der Waals surface area contributed by atoms with Crippen LogP contribution in [0.1, 0.15) is 26.0 Å². The Balaban J connectivity index is 2.03. The standard InChI is InChI=1S/C14H23N3O/c1-14(2)11-16-13(6-8-18)10-17(14)9-12-5-3-4-7-15-12/h3-5,7,13,16,18H,6,8-11H2,1-2H3. The van der Waals surface area contributed by atoms with Crippen LogP contribution in [0.2, 0.25) is 0 Å². The number of hydrogen-bond donors (Lipinski definition) is 2. The summed E-state index contributed by atoms with van der Waals surface area (Å²) in [5, 5.41) is 12.6. The van der Waals surface area contributed by atoms with E-state index in [0.717, 1.165) is 31.7 Å². The average molecular weight is 249 g/mol. The lowest BCUT2D eigenvalue weighted by molar-refractivity contribution is 0.0509. The zero-order valence-corrected chi connectivity index (χ0v) is 11.3. The highest BCUT2D eigenvalue weighted by atomic mass is 16.3. The van der Waals surface area contributed by atoms with E-state index in [9.17, 15) is 0 Å². The van der Waals surface area contributed by atoms with E-state index < -0.39 is 0 Å². The number of nitrogens with one attached hydrogen (secondary N) is 1. The van der Waals surface area contributed by atoms with E-state index >= 15 is 0 Å². The summed E-state index contributed by atoms with van der Waals surface area (Å²) in [6.45, 7) is 7.53. The Morgan fingerprint density at radius 3 is 3.00 bits per heavy atom. The monoisotopic (exact) mass is 249 g/mol. The van der Waals surface area contributed by atoms with Crippen molar-refractivity contribution in [2.75, 3.05) is 19.7 Å². The minimum absolute atomic E-state index is 0.128. The summed E-state index contributed by atoms with van der Waals surface area (Å²) in [7, 11) is 0. The van der Waals surface area contributed by atoms with Gasteiger partial charge in [-0.1, -0.05) is 6.07 Å². The first-order valence-corrected chi connectivity index (χ1v) is 6.61. The highest BCUT2D eigenvalue weighted by Gasteiger charge is 2.33. The van der Waals surface area contributed by atoms with Crippen molar-refractivity contribution in [3.05, 3.63) is 30.1 Å². The number of aromatic nitrogens is 1. The van der Waals surface area contributed by atoms with Crippen LogP contribution in [-0.2, 0) is 6.54 Å². The second kappa shape index (κ2) is 5.78. The van der Waals surface area contributed by atoms with Gasteiger partial charge in [-0.3, -0.25) is 9.88 Å². The van der Waals surface area contributed by atoms with Crippen LogP contribution in [0.15, 0.2) is 24.4 Å². The largest absolute Gasteiger partial charge is 0.396 e. The minimum Gasteiger partial charge on any atom is -0.396 e. The molecule has 0 radical (unpaired) electrons. The van der Waals surface area contributed by atoms with Crippen LogP contribution in [0.5, 0.6) is 0 Å². The topological polar surface area (TPSA) is 48.4 Å². The Bertz CT molecular complexity index is 367. The van der Waals surface area contributed by atoms with Crippen LogP contribution in [0, 0.1) is 0 Å². The van der Waals surface area contributed by atoms with Gasteiger partial charge in [0.25, 0.3) is 0 Å².